The van der Waals surface area contributed by atoms with Crippen LogP contribution in [0.25, 0.3) is 11.4 Å². The first-order chi connectivity index (χ1) is 11.6. The normalized spacial score (nSPS) is 10.4. The molecule has 0 saturated heterocycles. The van der Waals surface area contributed by atoms with Crippen molar-refractivity contribution in [3.8, 4) is 17.4 Å². The molecule has 0 atom stereocenters. The van der Waals surface area contributed by atoms with Crippen LogP contribution in [0, 0.1) is 11.3 Å². The Labute approximate surface area is 146 Å². The Balaban J connectivity index is 2.28. The molecule has 0 radical (unpaired) electrons. The predicted octanol–water partition coefficient (Wildman–Crippen LogP) is 2.67. The van der Waals surface area contributed by atoms with Crippen LogP contribution in [0.5, 0.6) is 0 Å². The molecular weight excluding hydrogens is 374 g/mol. The molecule has 0 saturated carbocycles. The average molecular weight is 386 g/mol. The smallest absolute Gasteiger partial charge is 0.357 e. The van der Waals surface area contributed by atoms with Gasteiger partial charge in [0.25, 0.3) is 0 Å². The van der Waals surface area contributed by atoms with Crippen LogP contribution in [0.3, 0.4) is 0 Å². The van der Waals surface area contributed by atoms with Gasteiger partial charge in [-0.3, -0.25) is 0 Å². The summed E-state index contributed by atoms with van der Waals surface area (Å²) in [5.74, 6) is -0.620. The number of benzene rings is 1. The molecule has 0 aliphatic heterocycles. The third-order valence-electron chi connectivity index (χ3n) is 3.48. The van der Waals surface area contributed by atoms with Gasteiger partial charge in [0, 0.05) is 12.4 Å². The first-order valence-electron chi connectivity index (χ1n) is 6.86. The maximum Gasteiger partial charge on any atom is 0.357 e. The number of nitrogen functional groups attached to an aromatic ring is 1. The Morgan fingerprint density at radius 1 is 1.33 bits per heavy atom. The van der Waals surface area contributed by atoms with Crippen molar-refractivity contribution in [1.29, 1.82) is 5.26 Å². The largest absolute Gasteiger partial charge is 0.464 e. The van der Waals surface area contributed by atoms with E-state index in [0.717, 1.165) is 4.47 Å². The topological polar surface area (TPSA) is 98.9 Å². The third kappa shape index (κ3) is 2.55. The van der Waals surface area contributed by atoms with Gasteiger partial charge in [0.05, 0.1) is 40.4 Å². The fourth-order valence-electron chi connectivity index (χ4n) is 2.40. The van der Waals surface area contributed by atoms with E-state index in [-0.39, 0.29) is 16.9 Å². The van der Waals surface area contributed by atoms with Gasteiger partial charge in [0.2, 0.25) is 0 Å². The number of carbonyl (C=O) groups excluding carboxylic acids is 1. The summed E-state index contributed by atoms with van der Waals surface area (Å²) in [6.45, 7) is 0. The van der Waals surface area contributed by atoms with Crippen molar-refractivity contribution >= 4 is 27.6 Å². The lowest BCUT2D eigenvalue weighted by Crippen LogP contribution is -2.12. The highest BCUT2D eigenvalue weighted by Crippen LogP contribution is 2.28. The highest BCUT2D eigenvalue weighted by atomic mass is 79.9. The fourth-order valence-corrected chi connectivity index (χ4v) is 2.68. The number of hydrogen-bond donors (Lipinski definition) is 1. The molecule has 3 aromatic rings. The second kappa shape index (κ2) is 6.22. The summed E-state index contributed by atoms with van der Waals surface area (Å²) in [7, 11) is 1.27. The minimum absolute atomic E-state index is 0.0841. The summed E-state index contributed by atoms with van der Waals surface area (Å²) in [5.41, 5.74) is 7.69. The zero-order chi connectivity index (χ0) is 17.3. The molecule has 0 aliphatic rings. The molecule has 2 N–H and O–H groups in total. The molecule has 120 valence electrons. The maximum absolute atomic E-state index is 12.1. The second-order valence-corrected chi connectivity index (χ2v) is 5.79. The summed E-state index contributed by atoms with van der Waals surface area (Å²) in [4.78, 5) is 12.1. The van der Waals surface area contributed by atoms with E-state index in [1.807, 2.05) is 24.3 Å². The van der Waals surface area contributed by atoms with E-state index in [0.29, 0.717) is 11.4 Å². The van der Waals surface area contributed by atoms with Crippen molar-refractivity contribution in [3.63, 3.8) is 0 Å². The van der Waals surface area contributed by atoms with Crippen LogP contribution in [-0.4, -0.2) is 27.4 Å². The number of nitrogens with zero attached hydrogens (tertiary/aromatic N) is 4. The molecule has 2 aromatic heterocycles. The highest BCUT2D eigenvalue weighted by Gasteiger charge is 2.23. The monoisotopic (exact) mass is 385 g/mol. The average Bonchev–Trinajstić information content (AvgIpc) is 3.17. The van der Waals surface area contributed by atoms with E-state index < -0.39 is 5.97 Å². The van der Waals surface area contributed by atoms with E-state index in [9.17, 15) is 10.1 Å². The second-order valence-electron chi connectivity index (χ2n) is 4.87. The molecule has 0 amide bonds. The van der Waals surface area contributed by atoms with Crippen molar-refractivity contribution < 1.29 is 9.53 Å². The number of carbonyl (C=O) groups is 1. The zero-order valence-corrected chi connectivity index (χ0v) is 14.2. The lowest BCUT2D eigenvalue weighted by molar-refractivity contribution is 0.0593. The van der Waals surface area contributed by atoms with Crippen LogP contribution >= 0.6 is 15.9 Å². The zero-order valence-electron chi connectivity index (χ0n) is 12.6. The van der Waals surface area contributed by atoms with Gasteiger partial charge in [0.1, 0.15) is 6.07 Å². The number of para-hydroxylation sites is 2. The van der Waals surface area contributed by atoms with Crippen molar-refractivity contribution in [1.82, 2.24) is 14.3 Å². The Morgan fingerprint density at radius 3 is 2.62 bits per heavy atom. The number of hydrogen-bond acceptors (Lipinski definition) is 5. The SMILES string of the molecule is COC(=O)c1c(N)c(C#N)cn1-c1ccccc1-n1cc(Br)cn1. The molecular formula is C16H12BrN5O2. The molecule has 7 nitrogen and oxygen atoms in total. The number of methoxy groups -OCH3 is 1. The van der Waals surface area contributed by atoms with Crippen LogP contribution in [0.15, 0.2) is 47.3 Å². The number of nitriles is 1. The Kier molecular flexibility index (Phi) is 4.10. The molecule has 0 bridgehead atoms. The summed E-state index contributed by atoms with van der Waals surface area (Å²) < 4.78 is 8.82. The minimum Gasteiger partial charge on any atom is -0.464 e. The number of halogens is 1. The van der Waals surface area contributed by atoms with Crippen LogP contribution in [0.1, 0.15) is 16.1 Å². The number of nitrogens with two attached hydrogens (primary N) is 1. The van der Waals surface area contributed by atoms with E-state index in [2.05, 4.69) is 21.0 Å². The fraction of sp³-hybridized carbons (Fsp3) is 0.0625. The molecule has 0 unspecified atom stereocenters. The standard InChI is InChI=1S/C16H12BrN5O2/c1-24-16(23)15-14(19)10(6-18)8-21(15)12-4-2-3-5-13(12)22-9-11(17)7-20-22/h2-5,7-9H,19H2,1H3. The highest BCUT2D eigenvalue weighted by molar-refractivity contribution is 9.10. The van der Waals surface area contributed by atoms with Crippen LogP contribution < -0.4 is 5.73 Å². The molecule has 8 heteroatoms. The Hall–Kier alpha value is -3.05. The summed E-state index contributed by atoms with van der Waals surface area (Å²) in [6, 6.07) is 9.31. The van der Waals surface area contributed by atoms with Gasteiger partial charge in [-0.15, -0.1) is 0 Å². The minimum atomic E-state index is -0.620. The molecule has 3 rings (SSSR count). The van der Waals surface area contributed by atoms with Crippen LogP contribution in [0.4, 0.5) is 5.69 Å². The van der Waals surface area contributed by atoms with E-state index >= 15 is 0 Å². The summed E-state index contributed by atoms with van der Waals surface area (Å²) in [6.07, 6.45) is 4.95. The predicted molar refractivity (Wildman–Crippen MR) is 91.1 cm³/mol. The molecule has 2 heterocycles. The number of anilines is 1. The first-order valence-corrected chi connectivity index (χ1v) is 7.65. The Morgan fingerprint density at radius 2 is 2.04 bits per heavy atom. The van der Waals surface area contributed by atoms with Gasteiger partial charge < -0.3 is 15.0 Å². The number of aromatic nitrogens is 3. The van der Waals surface area contributed by atoms with Gasteiger partial charge in [-0.05, 0) is 28.1 Å². The van der Waals surface area contributed by atoms with E-state index in [1.54, 1.807) is 27.7 Å². The molecule has 0 fully saturated rings. The maximum atomic E-state index is 12.1. The van der Waals surface area contributed by atoms with E-state index in [1.165, 1.54) is 13.3 Å². The van der Waals surface area contributed by atoms with Gasteiger partial charge in [0.15, 0.2) is 5.69 Å². The van der Waals surface area contributed by atoms with Crippen molar-refractivity contribution in [2.75, 3.05) is 12.8 Å². The molecule has 24 heavy (non-hydrogen) atoms. The quantitative estimate of drug-likeness (QED) is 0.698. The number of esters is 1. The molecule has 0 aliphatic carbocycles. The van der Waals surface area contributed by atoms with Gasteiger partial charge in [-0.2, -0.15) is 10.4 Å². The Bertz CT molecular complexity index is 967. The van der Waals surface area contributed by atoms with Gasteiger partial charge >= 0.3 is 5.97 Å². The van der Waals surface area contributed by atoms with Gasteiger partial charge in [-0.25, -0.2) is 9.48 Å². The van der Waals surface area contributed by atoms with Crippen molar-refractivity contribution in [3.05, 3.63) is 58.6 Å². The van der Waals surface area contributed by atoms with E-state index in [4.69, 9.17) is 10.5 Å². The third-order valence-corrected chi connectivity index (χ3v) is 3.89. The van der Waals surface area contributed by atoms with Crippen LogP contribution in [-0.2, 0) is 4.74 Å². The summed E-state index contributed by atoms with van der Waals surface area (Å²) >= 11 is 3.36. The number of ether oxygens (including phenoxy) is 1. The molecule has 0 spiro atoms. The van der Waals surface area contributed by atoms with Gasteiger partial charge in [-0.1, -0.05) is 12.1 Å². The lowest BCUT2D eigenvalue weighted by atomic mass is 10.2. The summed E-state index contributed by atoms with van der Waals surface area (Å²) in [5, 5.41) is 13.5. The number of rotatable bonds is 3. The van der Waals surface area contributed by atoms with Crippen LogP contribution in [0.2, 0.25) is 0 Å². The first kappa shape index (κ1) is 15.8. The lowest BCUT2D eigenvalue weighted by Gasteiger charge is -2.13. The van der Waals surface area contributed by atoms with Crippen molar-refractivity contribution in [2.45, 2.75) is 0 Å². The van der Waals surface area contributed by atoms with Crippen molar-refractivity contribution in [2.24, 2.45) is 0 Å². The molecule has 1 aromatic carbocycles.